The number of hydrogen-bond acceptors (Lipinski definition) is 4. The Balaban J connectivity index is 2.01. The molecule has 0 N–H and O–H groups in total. The lowest BCUT2D eigenvalue weighted by atomic mass is 10.2. The Morgan fingerprint density at radius 3 is 2.62 bits per heavy atom. The van der Waals surface area contributed by atoms with Gasteiger partial charge in [0.25, 0.3) is 0 Å². The Kier molecular flexibility index (Phi) is 3.51. The molecule has 0 unspecified atom stereocenters. The smallest absolute Gasteiger partial charge is 0.0904 e. The number of rotatable bonds is 3. The minimum absolute atomic E-state index is 0.909. The van der Waals surface area contributed by atoms with E-state index in [0.29, 0.717) is 0 Å². The summed E-state index contributed by atoms with van der Waals surface area (Å²) in [5, 5.41) is 8.32. The van der Waals surface area contributed by atoms with Crippen molar-refractivity contribution in [3.8, 4) is 0 Å². The van der Waals surface area contributed by atoms with E-state index in [2.05, 4.69) is 34.3 Å². The van der Waals surface area contributed by atoms with Gasteiger partial charge in [0, 0.05) is 26.0 Å². The van der Waals surface area contributed by atoms with Crippen molar-refractivity contribution in [2.24, 2.45) is 5.10 Å². The zero-order chi connectivity index (χ0) is 11.4. The van der Waals surface area contributed by atoms with E-state index in [1.165, 1.54) is 5.69 Å². The van der Waals surface area contributed by atoms with Crippen molar-refractivity contribution in [3.63, 3.8) is 0 Å². The fourth-order valence-corrected chi connectivity index (χ4v) is 1.96. The molecular formula is C12H15N3S. The fourth-order valence-electron chi connectivity index (χ4n) is 1.35. The summed E-state index contributed by atoms with van der Waals surface area (Å²) >= 11 is 1.75. The number of benzene rings is 1. The van der Waals surface area contributed by atoms with Gasteiger partial charge in [0.1, 0.15) is 0 Å². The van der Waals surface area contributed by atoms with Crippen molar-refractivity contribution >= 4 is 23.7 Å². The highest BCUT2D eigenvalue weighted by molar-refractivity contribution is 8.02. The summed E-state index contributed by atoms with van der Waals surface area (Å²) in [6, 6.07) is 8.34. The molecule has 0 atom stereocenters. The number of thioether (sulfide) groups is 1. The summed E-state index contributed by atoms with van der Waals surface area (Å²) in [6.45, 7) is 0. The zero-order valence-electron chi connectivity index (χ0n) is 9.50. The van der Waals surface area contributed by atoms with Crippen LogP contribution < -0.4 is 4.90 Å². The highest BCUT2D eigenvalue weighted by atomic mass is 32.2. The number of anilines is 1. The second-order valence-corrected chi connectivity index (χ2v) is 4.61. The van der Waals surface area contributed by atoms with Crippen LogP contribution in [0.15, 0.2) is 41.0 Å². The Labute approximate surface area is 100 Å². The van der Waals surface area contributed by atoms with Crippen LogP contribution in [0.2, 0.25) is 0 Å². The summed E-state index contributed by atoms with van der Waals surface area (Å²) in [7, 11) is 4.07. The number of hydrazone groups is 1. The van der Waals surface area contributed by atoms with Crippen LogP contribution in [0.5, 0.6) is 0 Å². The Morgan fingerprint density at radius 1 is 1.31 bits per heavy atom. The number of hydrogen-bond donors (Lipinski definition) is 0. The van der Waals surface area contributed by atoms with Crippen LogP contribution >= 0.6 is 11.8 Å². The standard InChI is InChI=1S/C12H15N3S/c1-14(2)12-5-3-11(4-6-12)9-13-15-7-8-16-10-15/h3-9H,10H2,1-2H3. The summed E-state index contributed by atoms with van der Waals surface area (Å²) in [4.78, 5) is 2.08. The summed E-state index contributed by atoms with van der Waals surface area (Å²) in [6.07, 6.45) is 3.87. The van der Waals surface area contributed by atoms with Gasteiger partial charge in [-0.3, -0.25) is 5.01 Å². The number of nitrogens with zero attached hydrogens (tertiary/aromatic N) is 3. The Bertz CT molecular complexity index is 395. The molecule has 0 radical (unpaired) electrons. The van der Waals surface area contributed by atoms with E-state index < -0.39 is 0 Å². The second kappa shape index (κ2) is 5.07. The van der Waals surface area contributed by atoms with Gasteiger partial charge in [0.2, 0.25) is 0 Å². The first-order chi connectivity index (χ1) is 7.75. The first-order valence-electron chi connectivity index (χ1n) is 5.12. The lowest BCUT2D eigenvalue weighted by Gasteiger charge is -2.12. The molecule has 0 aliphatic carbocycles. The van der Waals surface area contributed by atoms with E-state index in [9.17, 15) is 0 Å². The van der Waals surface area contributed by atoms with Crippen molar-refractivity contribution in [2.75, 3.05) is 24.9 Å². The third kappa shape index (κ3) is 2.79. The van der Waals surface area contributed by atoms with E-state index in [0.717, 1.165) is 11.4 Å². The van der Waals surface area contributed by atoms with Crippen molar-refractivity contribution in [2.45, 2.75) is 0 Å². The molecule has 1 aromatic rings. The first-order valence-corrected chi connectivity index (χ1v) is 6.17. The quantitative estimate of drug-likeness (QED) is 0.748. The summed E-state index contributed by atoms with van der Waals surface area (Å²) < 4.78 is 0. The van der Waals surface area contributed by atoms with Crippen molar-refractivity contribution in [1.82, 2.24) is 5.01 Å². The highest BCUT2D eigenvalue weighted by Gasteiger charge is 2.00. The molecule has 0 saturated carbocycles. The van der Waals surface area contributed by atoms with Gasteiger partial charge in [-0.25, -0.2) is 0 Å². The highest BCUT2D eigenvalue weighted by Crippen LogP contribution is 2.15. The SMILES string of the molecule is CN(C)c1ccc(C=NN2C=CSC2)cc1. The maximum atomic E-state index is 4.36. The minimum atomic E-state index is 0.909. The minimum Gasteiger partial charge on any atom is -0.378 e. The third-order valence-corrected chi connectivity index (χ3v) is 3.03. The molecule has 0 amide bonds. The molecule has 84 valence electrons. The van der Waals surface area contributed by atoms with Crippen LogP contribution in [0.1, 0.15) is 5.56 Å². The molecule has 0 fully saturated rings. The summed E-state index contributed by atoms with van der Waals surface area (Å²) in [5.41, 5.74) is 2.32. The van der Waals surface area contributed by atoms with Gasteiger partial charge in [-0.15, -0.1) is 11.8 Å². The maximum absolute atomic E-state index is 4.36. The predicted octanol–water partition coefficient (Wildman–Crippen LogP) is 2.56. The predicted molar refractivity (Wildman–Crippen MR) is 71.8 cm³/mol. The van der Waals surface area contributed by atoms with Crippen LogP contribution in [0, 0.1) is 0 Å². The van der Waals surface area contributed by atoms with Crippen LogP contribution in [-0.2, 0) is 0 Å². The molecule has 1 heterocycles. The molecule has 1 aliphatic rings. The summed E-state index contributed by atoms with van der Waals surface area (Å²) in [5.74, 6) is 0.909. The van der Waals surface area contributed by atoms with E-state index in [4.69, 9.17) is 0 Å². The average molecular weight is 233 g/mol. The molecule has 1 aliphatic heterocycles. The lowest BCUT2D eigenvalue weighted by Crippen LogP contribution is -2.08. The van der Waals surface area contributed by atoms with Crippen molar-refractivity contribution in [3.05, 3.63) is 41.4 Å². The van der Waals surface area contributed by atoms with E-state index >= 15 is 0 Å². The van der Waals surface area contributed by atoms with Crippen LogP contribution in [-0.4, -0.2) is 31.2 Å². The van der Waals surface area contributed by atoms with Gasteiger partial charge >= 0.3 is 0 Å². The first kappa shape index (κ1) is 11.1. The molecule has 0 saturated heterocycles. The van der Waals surface area contributed by atoms with E-state index in [-0.39, 0.29) is 0 Å². The fraction of sp³-hybridized carbons (Fsp3) is 0.250. The van der Waals surface area contributed by atoms with E-state index in [1.54, 1.807) is 11.8 Å². The van der Waals surface area contributed by atoms with Crippen LogP contribution in [0.4, 0.5) is 5.69 Å². The molecule has 0 bridgehead atoms. The molecular weight excluding hydrogens is 218 g/mol. The topological polar surface area (TPSA) is 18.8 Å². The molecule has 0 spiro atoms. The second-order valence-electron chi connectivity index (χ2n) is 3.75. The Hall–Kier alpha value is -1.42. The molecule has 4 heteroatoms. The zero-order valence-corrected chi connectivity index (χ0v) is 10.3. The van der Waals surface area contributed by atoms with Gasteiger partial charge in [-0.05, 0) is 23.1 Å². The largest absolute Gasteiger partial charge is 0.378 e. The molecule has 3 nitrogen and oxygen atoms in total. The molecule has 0 aromatic heterocycles. The Morgan fingerprint density at radius 2 is 2.06 bits per heavy atom. The van der Waals surface area contributed by atoms with Crippen LogP contribution in [0.25, 0.3) is 0 Å². The van der Waals surface area contributed by atoms with Gasteiger partial charge in [0.05, 0.1) is 12.1 Å². The average Bonchev–Trinajstić information content (AvgIpc) is 2.80. The maximum Gasteiger partial charge on any atom is 0.0904 e. The normalized spacial score (nSPS) is 15.0. The molecule has 1 aromatic carbocycles. The van der Waals surface area contributed by atoms with Crippen molar-refractivity contribution in [1.29, 1.82) is 0 Å². The van der Waals surface area contributed by atoms with E-state index in [1.807, 2.05) is 36.9 Å². The van der Waals surface area contributed by atoms with Crippen LogP contribution in [0.3, 0.4) is 0 Å². The monoisotopic (exact) mass is 233 g/mol. The van der Waals surface area contributed by atoms with Gasteiger partial charge in [0.15, 0.2) is 0 Å². The lowest BCUT2D eigenvalue weighted by molar-refractivity contribution is 0.482. The van der Waals surface area contributed by atoms with Gasteiger partial charge in [-0.1, -0.05) is 12.1 Å². The molecule has 16 heavy (non-hydrogen) atoms. The molecule has 2 rings (SSSR count). The van der Waals surface area contributed by atoms with Crippen molar-refractivity contribution < 1.29 is 0 Å². The third-order valence-electron chi connectivity index (χ3n) is 2.30. The van der Waals surface area contributed by atoms with Gasteiger partial charge in [-0.2, -0.15) is 5.10 Å². The van der Waals surface area contributed by atoms with Gasteiger partial charge < -0.3 is 4.90 Å².